The average Bonchev–Trinajstić information content (AvgIpc) is 3.03. The lowest BCUT2D eigenvalue weighted by Gasteiger charge is -2.32. The number of imide groups is 1. The zero-order chi connectivity index (χ0) is 25.0. The van der Waals surface area contributed by atoms with E-state index in [1.54, 1.807) is 70.2 Å². The summed E-state index contributed by atoms with van der Waals surface area (Å²) in [5.74, 6) is -5.23. The Morgan fingerprint density at radius 1 is 0.853 bits per heavy atom. The summed E-state index contributed by atoms with van der Waals surface area (Å²) in [6.45, 7) is 6.44. The molecule has 2 amide bonds. The third-order valence-corrected chi connectivity index (χ3v) is 5.22. The van der Waals surface area contributed by atoms with Crippen molar-refractivity contribution in [2.75, 3.05) is 6.61 Å². The van der Waals surface area contributed by atoms with E-state index in [1.165, 1.54) is 12.1 Å². The van der Waals surface area contributed by atoms with Gasteiger partial charge >= 0.3 is 11.9 Å². The van der Waals surface area contributed by atoms with Crippen molar-refractivity contribution >= 4 is 29.5 Å². The zero-order valence-electron chi connectivity index (χ0n) is 19.6. The van der Waals surface area contributed by atoms with E-state index in [2.05, 4.69) is 0 Å². The van der Waals surface area contributed by atoms with Gasteiger partial charge in [0.15, 0.2) is 11.8 Å². The maximum atomic E-state index is 13.3. The largest absolute Gasteiger partial charge is 0.464 e. The van der Waals surface area contributed by atoms with Crippen molar-refractivity contribution in [2.24, 2.45) is 5.92 Å². The molecule has 0 unspecified atom stereocenters. The zero-order valence-corrected chi connectivity index (χ0v) is 19.6. The van der Waals surface area contributed by atoms with Gasteiger partial charge in [-0.05, 0) is 39.8 Å². The van der Waals surface area contributed by atoms with Crippen LogP contribution in [0.15, 0.2) is 54.6 Å². The van der Waals surface area contributed by atoms with E-state index < -0.39 is 53.5 Å². The number of Topliss-reactive ketones (excluding diaryl/α,β-unsaturated/α-hetero) is 1. The van der Waals surface area contributed by atoms with Gasteiger partial charge in [-0.2, -0.15) is 0 Å². The molecule has 0 spiro atoms. The Labute approximate surface area is 197 Å². The van der Waals surface area contributed by atoms with Crippen LogP contribution in [0.3, 0.4) is 0 Å². The molecular formula is C26H27NO7. The Morgan fingerprint density at radius 2 is 1.38 bits per heavy atom. The Bertz CT molecular complexity index is 1080. The lowest BCUT2D eigenvalue weighted by molar-refractivity contribution is -0.167. The first kappa shape index (κ1) is 24.8. The first-order valence-electron chi connectivity index (χ1n) is 11.0. The highest BCUT2D eigenvalue weighted by Crippen LogP contribution is 2.31. The van der Waals surface area contributed by atoms with Crippen LogP contribution in [0.5, 0.6) is 0 Å². The number of rotatable bonds is 8. The molecule has 1 aliphatic rings. The van der Waals surface area contributed by atoms with E-state index in [0.29, 0.717) is 5.56 Å². The third kappa shape index (κ3) is 5.22. The molecule has 2 aromatic carbocycles. The van der Waals surface area contributed by atoms with Gasteiger partial charge in [-0.1, -0.05) is 42.5 Å². The van der Waals surface area contributed by atoms with Crippen molar-refractivity contribution in [2.45, 2.75) is 45.8 Å². The van der Waals surface area contributed by atoms with E-state index in [0.717, 1.165) is 4.90 Å². The minimum atomic E-state index is -1.67. The number of fused-ring (bicyclic) bond motifs is 1. The number of hydrogen-bond acceptors (Lipinski definition) is 7. The molecule has 2 aromatic rings. The highest BCUT2D eigenvalue weighted by Gasteiger charge is 2.50. The smallest absolute Gasteiger partial charge is 0.330 e. The van der Waals surface area contributed by atoms with E-state index in [9.17, 15) is 24.0 Å². The van der Waals surface area contributed by atoms with Gasteiger partial charge in [-0.25, -0.2) is 4.79 Å². The average molecular weight is 466 g/mol. The van der Waals surface area contributed by atoms with Crippen LogP contribution >= 0.6 is 0 Å². The van der Waals surface area contributed by atoms with Gasteiger partial charge < -0.3 is 9.47 Å². The minimum Gasteiger partial charge on any atom is -0.464 e. The fourth-order valence-corrected chi connectivity index (χ4v) is 3.78. The van der Waals surface area contributed by atoms with Crippen LogP contribution < -0.4 is 0 Å². The van der Waals surface area contributed by atoms with Gasteiger partial charge in [0.1, 0.15) is 5.60 Å². The fraction of sp³-hybridized carbons (Fsp3) is 0.346. The predicted molar refractivity (Wildman–Crippen MR) is 122 cm³/mol. The number of amides is 2. The van der Waals surface area contributed by atoms with E-state index in [4.69, 9.17) is 9.47 Å². The van der Waals surface area contributed by atoms with Crippen molar-refractivity contribution in [3.8, 4) is 0 Å². The predicted octanol–water partition coefficient (Wildman–Crippen LogP) is 3.45. The minimum absolute atomic E-state index is 0.0494. The van der Waals surface area contributed by atoms with Crippen LogP contribution in [-0.2, 0) is 19.1 Å². The first-order chi connectivity index (χ1) is 16.0. The third-order valence-electron chi connectivity index (χ3n) is 5.22. The molecule has 178 valence electrons. The lowest BCUT2D eigenvalue weighted by atomic mass is 9.90. The standard InChI is InChI=1S/C26H27NO7/c1-5-33-25(32)21(27-22(29)17-13-9-10-14-18(17)23(27)30)19(24(31)34-26(2,3)4)15-20(28)16-11-7-6-8-12-16/h6-14,19,21H,5,15H2,1-4H3/t19-,21-/m1/s1. The second-order valence-electron chi connectivity index (χ2n) is 8.86. The van der Waals surface area contributed by atoms with Gasteiger partial charge in [0.05, 0.1) is 23.7 Å². The summed E-state index contributed by atoms with van der Waals surface area (Å²) in [5, 5.41) is 0. The molecular weight excluding hydrogens is 438 g/mol. The maximum Gasteiger partial charge on any atom is 0.330 e. The molecule has 0 radical (unpaired) electrons. The first-order valence-corrected chi connectivity index (χ1v) is 11.0. The van der Waals surface area contributed by atoms with Gasteiger partial charge in [-0.3, -0.25) is 24.1 Å². The molecule has 0 aliphatic carbocycles. The molecule has 2 atom stereocenters. The van der Waals surface area contributed by atoms with Crippen molar-refractivity contribution in [3.63, 3.8) is 0 Å². The Morgan fingerprint density at radius 3 is 1.88 bits per heavy atom. The van der Waals surface area contributed by atoms with E-state index >= 15 is 0 Å². The summed E-state index contributed by atoms with van der Waals surface area (Å²) in [6, 6.07) is 12.7. The van der Waals surface area contributed by atoms with Gasteiger partial charge in [0.2, 0.25) is 0 Å². The van der Waals surface area contributed by atoms with E-state index in [-0.39, 0.29) is 17.7 Å². The van der Waals surface area contributed by atoms with Crippen molar-refractivity contribution in [1.82, 2.24) is 4.90 Å². The number of esters is 2. The normalized spacial score (nSPS) is 14.9. The molecule has 8 nitrogen and oxygen atoms in total. The van der Waals surface area contributed by atoms with Crippen LogP contribution in [0.1, 0.15) is 65.2 Å². The molecule has 0 aromatic heterocycles. The van der Waals surface area contributed by atoms with Crippen LogP contribution in [0.25, 0.3) is 0 Å². The number of ether oxygens (including phenoxy) is 2. The second kappa shape index (κ2) is 9.99. The molecule has 0 N–H and O–H groups in total. The fourth-order valence-electron chi connectivity index (χ4n) is 3.78. The van der Waals surface area contributed by atoms with Crippen molar-refractivity contribution < 1.29 is 33.4 Å². The van der Waals surface area contributed by atoms with E-state index in [1.807, 2.05) is 0 Å². The number of carbonyl (C=O) groups excluding carboxylic acids is 5. The second-order valence-corrected chi connectivity index (χ2v) is 8.86. The summed E-state index contributed by atoms with van der Waals surface area (Å²) >= 11 is 0. The molecule has 0 fully saturated rings. The van der Waals surface area contributed by atoms with Crippen molar-refractivity contribution in [3.05, 3.63) is 71.3 Å². The summed E-state index contributed by atoms with van der Waals surface area (Å²) in [6.07, 6.45) is -0.462. The Kier molecular flexibility index (Phi) is 7.29. The number of carbonyl (C=O) groups is 5. The molecule has 1 aliphatic heterocycles. The molecule has 1 heterocycles. The Balaban J connectivity index is 2.07. The number of benzene rings is 2. The monoisotopic (exact) mass is 465 g/mol. The van der Waals surface area contributed by atoms with Crippen molar-refractivity contribution in [1.29, 1.82) is 0 Å². The van der Waals surface area contributed by atoms with Gasteiger partial charge in [-0.15, -0.1) is 0 Å². The summed E-state index contributed by atoms with van der Waals surface area (Å²) < 4.78 is 10.7. The summed E-state index contributed by atoms with van der Waals surface area (Å²) in [5.41, 5.74) is -0.397. The van der Waals surface area contributed by atoms with Crippen LogP contribution in [0.4, 0.5) is 0 Å². The van der Waals surface area contributed by atoms with Crippen LogP contribution in [0.2, 0.25) is 0 Å². The van der Waals surface area contributed by atoms with Gasteiger partial charge in [0, 0.05) is 12.0 Å². The SMILES string of the molecule is CCOC(=O)[C@@H]([C@@H](CC(=O)c1ccccc1)C(=O)OC(C)(C)C)N1C(=O)c2ccccc2C1=O. The van der Waals surface area contributed by atoms with Gasteiger partial charge in [0.25, 0.3) is 11.8 Å². The van der Waals surface area contributed by atoms with Crippen LogP contribution in [-0.4, -0.2) is 52.7 Å². The van der Waals surface area contributed by atoms with Crippen LogP contribution in [0, 0.1) is 5.92 Å². The molecule has 34 heavy (non-hydrogen) atoms. The number of ketones is 1. The highest BCUT2D eigenvalue weighted by molar-refractivity contribution is 6.23. The number of hydrogen-bond donors (Lipinski definition) is 0. The highest BCUT2D eigenvalue weighted by atomic mass is 16.6. The Hall–Kier alpha value is -3.81. The lowest BCUT2D eigenvalue weighted by Crippen LogP contribution is -2.53. The molecule has 3 rings (SSSR count). The number of nitrogens with zero attached hydrogens (tertiary/aromatic N) is 1. The molecule has 8 heteroatoms. The summed E-state index contributed by atoms with van der Waals surface area (Å²) in [7, 11) is 0. The summed E-state index contributed by atoms with van der Waals surface area (Å²) in [4.78, 5) is 66.5. The molecule has 0 saturated heterocycles. The topological polar surface area (TPSA) is 107 Å². The quantitative estimate of drug-likeness (QED) is 0.334. The molecule has 0 bridgehead atoms. The maximum absolute atomic E-state index is 13.3. The molecule has 0 saturated carbocycles.